The van der Waals surface area contributed by atoms with Crippen LogP contribution >= 0.6 is 0 Å². The van der Waals surface area contributed by atoms with Crippen LogP contribution in [0.3, 0.4) is 0 Å². The number of carbonyl (C=O) groups excluding carboxylic acids is 2. The first-order valence-corrected chi connectivity index (χ1v) is 9.57. The predicted molar refractivity (Wildman–Crippen MR) is 116 cm³/mol. The van der Waals surface area contributed by atoms with Crippen molar-refractivity contribution in [2.45, 2.75) is 26.3 Å². The number of aromatic nitrogens is 2. The van der Waals surface area contributed by atoms with E-state index in [2.05, 4.69) is 10.3 Å². The van der Waals surface area contributed by atoms with E-state index in [1.54, 1.807) is 55.6 Å². The van der Waals surface area contributed by atoms with E-state index in [0.29, 0.717) is 28.9 Å². The van der Waals surface area contributed by atoms with E-state index >= 15 is 0 Å². The third kappa shape index (κ3) is 4.03. The van der Waals surface area contributed by atoms with Crippen molar-refractivity contribution >= 4 is 34.4 Å². The van der Waals surface area contributed by atoms with E-state index in [1.807, 2.05) is 6.92 Å². The average molecular weight is 408 g/mol. The highest BCUT2D eigenvalue weighted by molar-refractivity contribution is 5.95. The van der Waals surface area contributed by atoms with Gasteiger partial charge in [-0.2, -0.15) is 0 Å². The monoisotopic (exact) mass is 408 g/mol. The number of nitrogens with zero attached hydrogens (tertiary/aromatic N) is 3. The summed E-state index contributed by atoms with van der Waals surface area (Å²) in [6.07, 6.45) is 0.368. The number of para-hydroxylation sites is 2. The van der Waals surface area contributed by atoms with Crippen molar-refractivity contribution in [3.63, 3.8) is 0 Å². The summed E-state index contributed by atoms with van der Waals surface area (Å²) < 4.78 is 6.61. The second-order valence-electron chi connectivity index (χ2n) is 6.82. The van der Waals surface area contributed by atoms with Gasteiger partial charge in [0, 0.05) is 25.7 Å². The van der Waals surface area contributed by atoms with E-state index in [1.165, 1.54) is 23.4 Å². The van der Waals surface area contributed by atoms with Crippen molar-refractivity contribution in [1.82, 2.24) is 9.55 Å². The van der Waals surface area contributed by atoms with Crippen molar-refractivity contribution in [1.29, 1.82) is 0 Å². The number of fused-ring (bicyclic) bond motifs is 1. The second-order valence-corrected chi connectivity index (χ2v) is 6.82. The van der Waals surface area contributed by atoms with Gasteiger partial charge in [-0.05, 0) is 30.7 Å². The smallest absolute Gasteiger partial charge is 0.295 e. The summed E-state index contributed by atoms with van der Waals surface area (Å²) in [4.78, 5) is 43.9. The molecule has 3 aromatic rings. The van der Waals surface area contributed by atoms with E-state index in [9.17, 15) is 14.4 Å². The fourth-order valence-electron chi connectivity index (χ4n) is 3.23. The molecule has 0 unspecified atom stereocenters. The van der Waals surface area contributed by atoms with Crippen molar-refractivity contribution in [3.8, 4) is 5.75 Å². The molecule has 2 amide bonds. The molecule has 1 N–H and O–H groups in total. The van der Waals surface area contributed by atoms with Gasteiger partial charge in [-0.3, -0.25) is 23.9 Å². The first kappa shape index (κ1) is 21.0. The summed E-state index contributed by atoms with van der Waals surface area (Å²) in [7, 11) is 3.04. The van der Waals surface area contributed by atoms with E-state index in [0.717, 1.165) is 0 Å². The summed E-state index contributed by atoms with van der Waals surface area (Å²) in [5, 5.41) is 2.85. The van der Waals surface area contributed by atoms with E-state index in [4.69, 9.17) is 4.74 Å². The molecule has 8 nitrogen and oxygen atoms in total. The third-order valence-electron chi connectivity index (χ3n) is 4.91. The quantitative estimate of drug-likeness (QED) is 0.677. The van der Waals surface area contributed by atoms with Gasteiger partial charge >= 0.3 is 0 Å². The molecule has 0 aliphatic carbocycles. The van der Waals surface area contributed by atoms with Gasteiger partial charge in [0.25, 0.3) is 5.56 Å². The standard InChI is InChI=1S/C22H24N4O4/c1-5-18(21(28)23-15-9-8-10-16(13-15)30-4)26-19-12-7-6-11-17(19)24-20(22(26)29)25(3)14(2)27/h6-13,18H,5H2,1-4H3,(H,23,28)/t18-/m0/s1. The summed E-state index contributed by atoms with van der Waals surface area (Å²) in [5.74, 6) is -0.0810. The lowest BCUT2D eigenvalue weighted by molar-refractivity contribution is -0.119. The molecule has 0 aliphatic rings. The lowest BCUT2D eigenvalue weighted by Gasteiger charge is -2.23. The zero-order valence-corrected chi connectivity index (χ0v) is 17.4. The SMILES string of the molecule is CC[C@@H](C(=O)Nc1cccc(OC)c1)n1c(=O)c(N(C)C(C)=O)nc2ccccc21. The van der Waals surface area contributed by atoms with Gasteiger partial charge < -0.3 is 10.1 Å². The Morgan fingerprint density at radius 3 is 2.60 bits per heavy atom. The van der Waals surface area contributed by atoms with Gasteiger partial charge in [-0.1, -0.05) is 25.1 Å². The average Bonchev–Trinajstić information content (AvgIpc) is 2.75. The van der Waals surface area contributed by atoms with Crippen molar-refractivity contribution in [2.75, 3.05) is 24.4 Å². The summed E-state index contributed by atoms with van der Waals surface area (Å²) in [6.45, 7) is 3.18. The van der Waals surface area contributed by atoms with Crippen LogP contribution in [0, 0.1) is 0 Å². The maximum Gasteiger partial charge on any atom is 0.295 e. The third-order valence-corrected chi connectivity index (χ3v) is 4.91. The highest BCUT2D eigenvalue weighted by Gasteiger charge is 2.25. The van der Waals surface area contributed by atoms with Gasteiger partial charge in [0.1, 0.15) is 11.8 Å². The molecule has 1 atom stereocenters. The Morgan fingerprint density at radius 1 is 1.20 bits per heavy atom. The highest BCUT2D eigenvalue weighted by Crippen LogP contribution is 2.23. The number of amides is 2. The number of nitrogens with one attached hydrogen (secondary N) is 1. The molecule has 0 fully saturated rings. The minimum absolute atomic E-state index is 0.0196. The molecule has 1 aromatic heterocycles. The number of carbonyl (C=O) groups is 2. The minimum Gasteiger partial charge on any atom is -0.497 e. The van der Waals surface area contributed by atoms with Gasteiger partial charge in [-0.15, -0.1) is 0 Å². The van der Waals surface area contributed by atoms with Gasteiger partial charge in [-0.25, -0.2) is 4.98 Å². The number of anilines is 2. The molecule has 0 saturated heterocycles. The van der Waals surface area contributed by atoms with Crippen LogP contribution in [-0.2, 0) is 9.59 Å². The maximum atomic E-state index is 13.3. The topological polar surface area (TPSA) is 93.5 Å². The van der Waals surface area contributed by atoms with Gasteiger partial charge in [0.15, 0.2) is 0 Å². The molecule has 0 radical (unpaired) electrons. The minimum atomic E-state index is -0.796. The molecule has 30 heavy (non-hydrogen) atoms. The summed E-state index contributed by atoms with van der Waals surface area (Å²) in [6, 6.07) is 13.2. The number of benzene rings is 2. The molecule has 3 rings (SSSR count). The van der Waals surface area contributed by atoms with Gasteiger partial charge in [0.05, 0.1) is 18.1 Å². The van der Waals surface area contributed by atoms with Crippen LogP contribution in [0.1, 0.15) is 26.3 Å². The number of rotatable bonds is 6. The summed E-state index contributed by atoms with van der Waals surface area (Å²) >= 11 is 0. The molecule has 0 aliphatic heterocycles. The molecular formula is C22H24N4O4. The Kier molecular flexibility index (Phi) is 6.15. The second kappa shape index (κ2) is 8.77. The first-order chi connectivity index (χ1) is 14.4. The summed E-state index contributed by atoms with van der Waals surface area (Å²) in [5.41, 5.74) is 1.10. The van der Waals surface area contributed by atoms with Crippen LogP contribution < -0.4 is 20.5 Å². The molecule has 0 bridgehead atoms. The Bertz CT molecular complexity index is 1160. The number of hydrogen-bond acceptors (Lipinski definition) is 5. The molecule has 8 heteroatoms. The van der Waals surface area contributed by atoms with Crippen LogP contribution in [0.15, 0.2) is 53.3 Å². The fraction of sp³-hybridized carbons (Fsp3) is 0.273. The molecule has 2 aromatic carbocycles. The largest absolute Gasteiger partial charge is 0.497 e. The molecule has 0 spiro atoms. The van der Waals surface area contributed by atoms with Crippen molar-refractivity contribution < 1.29 is 14.3 Å². The van der Waals surface area contributed by atoms with Gasteiger partial charge in [0.2, 0.25) is 17.6 Å². The van der Waals surface area contributed by atoms with Crippen LogP contribution in [0.4, 0.5) is 11.5 Å². The first-order valence-electron chi connectivity index (χ1n) is 9.57. The molecular weight excluding hydrogens is 384 g/mol. The van der Waals surface area contributed by atoms with Crippen molar-refractivity contribution in [2.24, 2.45) is 0 Å². The van der Waals surface area contributed by atoms with Crippen molar-refractivity contribution in [3.05, 3.63) is 58.9 Å². The molecule has 0 saturated carbocycles. The fourth-order valence-corrected chi connectivity index (χ4v) is 3.23. The van der Waals surface area contributed by atoms with E-state index in [-0.39, 0.29) is 17.6 Å². The zero-order chi connectivity index (χ0) is 21.8. The maximum absolute atomic E-state index is 13.3. The normalized spacial score (nSPS) is 11.7. The lowest BCUT2D eigenvalue weighted by Crippen LogP contribution is -2.38. The van der Waals surface area contributed by atoms with Crippen LogP contribution in [0.5, 0.6) is 5.75 Å². The number of ether oxygens (including phenoxy) is 1. The lowest BCUT2D eigenvalue weighted by atomic mass is 10.1. The Morgan fingerprint density at radius 2 is 1.93 bits per heavy atom. The van der Waals surface area contributed by atoms with Crippen LogP contribution in [-0.4, -0.2) is 35.5 Å². The molecule has 156 valence electrons. The Labute approximate surface area is 174 Å². The van der Waals surface area contributed by atoms with Crippen LogP contribution in [0.25, 0.3) is 11.0 Å². The Hall–Kier alpha value is -3.68. The van der Waals surface area contributed by atoms with E-state index < -0.39 is 11.6 Å². The molecule has 1 heterocycles. The number of methoxy groups -OCH3 is 1. The van der Waals surface area contributed by atoms with Crippen LogP contribution in [0.2, 0.25) is 0 Å². The Balaban J connectivity index is 2.12. The number of hydrogen-bond donors (Lipinski definition) is 1. The predicted octanol–water partition coefficient (Wildman–Crippen LogP) is 2.98. The zero-order valence-electron chi connectivity index (χ0n) is 17.4. The highest BCUT2D eigenvalue weighted by atomic mass is 16.5.